The number of rotatable bonds is 3. The van der Waals surface area contributed by atoms with Crippen LogP contribution in [0, 0.1) is 0 Å². The molecule has 1 fully saturated rings. The molecule has 0 radical (unpaired) electrons. The summed E-state index contributed by atoms with van der Waals surface area (Å²) in [5.74, 6) is -1.88. The minimum atomic E-state index is -0.894. The van der Waals surface area contributed by atoms with Crippen molar-refractivity contribution >= 4 is 78.9 Å². The average Bonchev–Trinajstić information content (AvgIpc) is 3.32. The van der Waals surface area contributed by atoms with Gasteiger partial charge in [-0.05, 0) is 60.2 Å². The van der Waals surface area contributed by atoms with Crippen LogP contribution in [0.2, 0.25) is 15.1 Å². The summed E-state index contributed by atoms with van der Waals surface area (Å²) in [7, 11) is 0. The lowest BCUT2D eigenvalue weighted by Gasteiger charge is -2.23. The van der Waals surface area contributed by atoms with Gasteiger partial charge in [-0.15, -0.1) is 0 Å². The number of Topliss-reactive ketones (excluding diaryl/α,β-unsaturated/α-hetero) is 1. The minimum absolute atomic E-state index is 0.0399. The van der Waals surface area contributed by atoms with Gasteiger partial charge in [0.1, 0.15) is 5.76 Å². The maximum absolute atomic E-state index is 13.2. The number of aromatic nitrogens is 1. The highest BCUT2D eigenvalue weighted by atomic mass is 35.5. The zero-order chi connectivity index (χ0) is 23.3. The SMILES string of the molecule is O=C1C(=O)N(c2nc3ccc(Cl)cc3s2)C(c2ccc(Cl)cc2)/C1=C(\O)c1ccc(Cl)cc1. The van der Waals surface area contributed by atoms with Gasteiger partial charge in [0, 0.05) is 20.6 Å². The maximum atomic E-state index is 13.2. The third-order valence-electron chi connectivity index (χ3n) is 5.29. The van der Waals surface area contributed by atoms with Crippen molar-refractivity contribution in [2.45, 2.75) is 6.04 Å². The van der Waals surface area contributed by atoms with Crippen molar-refractivity contribution < 1.29 is 14.7 Å². The fraction of sp³-hybridized carbons (Fsp3) is 0.0417. The fourth-order valence-electron chi connectivity index (χ4n) is 3.74. The lowest BCUT2D eigenvalue weighted by Crippen LogP contribution is -2.29. The van der Waals surface area contributed by atoms with Crippen molar-refractivity contribution in [1.29, 1.82) is 0 Å². The second-order valence-corrected chi connectivity index (χ2v) is 9.65. The molecular formula is C24H13Cl3N2O3S. The number of nitrogens with zero attached hydrogens (tertiary/aromatic N) is 2. The number of aliphatic hydroxyl groups excluding tert-OH is 1. The summed E-state index contributed by atoms with van der Waals surface area (Å²) in [6.07, 6.45) is 0. The molecule has 5 rings (SSSR count). The van der Waals surface area contributed by atoms with Crippen molar-refractivity contribution in [2.75, 3.05) is 4.90 Å². The molecule has 0 bridgehead atoms. The number of hydrogen-bond acceptors (Lipinski definition) is 5. The van der Waals surface area contributed by atoms with Gasteiger partial charge in [0.25, 0.3) is 5.78 Å². The Kier molecular flexibility index (Phi) is 5.62. The Morgan fingerprint density at radius 3 is 2.15 bits per heavy atom. The molecule has 1 unspecified atom stereocenters. The molecule has 2 heterocycles. The molecule has 4 aromatic rings. The Hall–Kier alpha value is -2.90. The van der Waals surface area contributed by atoms with E-state index in [9.17, 15) is 14.7 Å². The van der Waals surface area contributed by atoms with Crippen LogP contribution in [0.3, 0.4) is 0 Å². The van der Waals surface area contributed by atoms with Gasteiger partial charge in [0.05, 0.1) is 21.8 Å². The summed E-state index contributed by atoms with van der Waals surface area (Å²) in [6, 6.07) is 17.4. The van der Waals surface area contributed by atoms with E-state index in [4.69, 9.17) is 34.8 Å². The van der Waals surface area contributed by atoms with Crippen molar-refractivity contribution in [1.82, 2.24) is 4.98 Å². The molecule has 1 saturated heterocycles. The first kappa shape index (κ1) is 21.9. The van der Waals surface area contributed by atoms with E-state index in [2.05, 4.69) is 4.98 Å². The normalized spacial score (nSPS) is 17.8. The Morgan fingerprint density at radius 1 is 0.879 bits per heavy atom. The van der Waals surface area contributed by atoms with Crippen LogP contribution in [-0.4, -0.2) is 21.8 Å². The first-order valence-electron chi connectivity index (χ1n) is 9.72. The summed E-state index contributed by atoms with van der Waals surface area (Å²) in [4.78, 5) is 32.3. The van der Waals surface area contributed by atoms with E-state index in [-0.39, 0.29) is 11.3 Å². The molecule has 1 N–H and O–H groups in total. The molecule has 1 aliphatic heterocycles. The monoisotopic (exact) mass is 514 g/mol. The number of thiazole rings is 1. The van der Waals surface area contributed by atoms with Crippen LogP contribution in [0.5, 0.6) is 0 Å². The molecule has 1 aromatic heterocycles. The number of halogens is 3. The van der Waals surface area contributed by atoms with E-state index < -0.39 is 17.7 Å². The quantitative estimate of drug-likeness (QED) is 0.183. The second kappa shape index (κ2) is 8.47. The van der Waals surface area contributed by atoms with Crippen LogP contribution in [0.1, 0.15) is 17.2 Å². The first-order chi connectivity index (χ1) is 15.8. The van der Waals surface area contributed by atoms with Gasteiger partial charge in [-0.3, -0.25) is 14.5 Å². The second-order valence-electron chi connectivity index (χ2n) is 7.34. The predicted molar refractivity (Wildman–Crippen MR) is 132 cm³/mol. The third kappa shape index (κ3) is 3.89. The molecule has 1 atom stereocenters. The number of fused-ring (bicyclic) bond motifs is 1. The summed E-state index contributed by atoms with van der Waals surface area (Å²) >= 11 is 19.4. The van der Waals surface area contributed by atoms with Crippen LogP contribution >= 0.6 is 46.1 Å². The van der Waals surface area contributed by atoms with Crippen LogP contribution in [0.4, 0.5) is 5.13 Å². The van der Waals surface area contributed by atoms with E-state index >= 15 is 0 Å². The Balaban J connectivity index is 1.73. The number of carbonyl (C=O) groups excluding carboxylic acids is 2. The van der Waals surface area contributed by atoms with E-state index in [1.165, 1.54) is 16.2 Å². The number of aliphatic hydroxyl groups is 1. The highest BCUT2D eigenvalue weighted by Gasteiger charge is 2.48. The number of carbonyl (C=O) groups is 2. The number of hydrogen-bond donors (Lipinski definition) is 1. The van der Waals surface area contributed by atoms with Crippen molar-refractivity contribution in [2.24, 2.45) is 0 Å². The summed E-state index contributed by atoms with van der Waals surface area (Å²) in [5.41, 5.74) is 1.58. The lowest BCUT2D eigenvalue weighted by molar-refractivity contribution is -0.132. The van der Waals surface area contributed by atoms with Crippen LogP contribution < -0.4 is 4.90 Å². The predicted octanol–water partition coefficient (Wildman–Crippen LogP) is 6.88. The van der Waals surface area contributed by atoms with E-state index in [1.807, 2.05) is 0 Å². The summed E-state index contributed by atoms with van der Waals surface area (Å²) in [6.45, 7) is 0. The van der Waals surface area contributed by atoms with Gasteiger partial charge in [-0.2, -0.15) is 0 Å². The van der Waals surface area contributed by atoms with Crippen molar-refractivity contribution in [3.8, 4) is 0 Å². The molecule has 9 heteroatoms. The van der Waals surface area contributed by atoms with Gasteiger partial charge in [0.15, 0.2) is 5.13 Å². The Morgan fingerprint density at radius 2 is 1.48 bits per heavy atom. The highest BCUT2D eigenvalue weighted by molar-refractivity contribution is 7.22. The van der Waals surface area contributed by atoms with E-state index in [1.54, 1.807) is 66.7 Å². The molecular weight excluding hydrogens is 503 g/mol. The van der Waals surface area contributed by atoms with Gasteiger partial charge in [-0.25, -0.2) is 4.98 Å². The van der Waals surface area contributed by atoms with Crippen molar-refractivity contribution in [3.05, 3.63) is 98.5 Å². The number of benzene rings is 3. The van der Waals surface area contributed by atoms with Gasteiger partial charge < -0.3 is 5.11 Å². The number of anilines is 1. The summed E-state index contributed by atoms with van der Waals surface area (Å²) < 4.78 is 0.770. The molecule has 0 aliphatic carbocycles. The zero-order valence-electron chi connectivity index (χ0n) is 16.6. The number of amides is 1. The van der Waals surface area contributed by atoms with E-state index in [0.717, 1.165) is 4.70 Å². The smallest absolute Gasteiger partial charge is 0.301 e. The van der Waals surface area contributed by atoms with Gasteiger partial charge in [-0.1, -0.05) is 58.3 Å². The highest BCUT2D eigenvalue weighted by Crippen LogP contribution is 2.44. The van der Waals surface area contributed by atoms with E-state index in [0.29, 0.717) is 36.8 Å². The molecule has 5 nitrogen and oxygen atoms in total. The average molecular weight is 516 g/mol. The largest absolute Gasteiger partial charge is 0.507 e. The maximum Gasteiger partial charge on any atom is 0.301 e. The fourth-order valence-corrected chi connectivity index (χ4v) is 5.26. The van der Waals surface area contributed by atoms with Crippen LogP contribution in [0.15, 0.2) is 72.3 Å². The minimum Gasteiger partial charge on any atom is -0.507 e. The molecule has 1 amide bonds. The summed E-state index contributed by atoms with van der Waals surface area (Å²) in [5, 5.41) is 12.9. The first-order valence-corrected chi connectivity index (χ1v) is 11.7. The van der Waals surface area contributed by atoms with Gasteiger partial charge in [0.2, 0.25) is 0 Å². The number of ketones is 1. The molecule has 1 aliphatic rings. The Labute approximate surface area is 207 Å². The van der Waals surface area contributed by atoms with Gasteiger partial charge >= 0.3 is 5.91 Å². The third-order valence-corrected chi connectivity index (χ3v) is 7.05. The molecule has 164 valence electrons. The molecule has 0 saturated carbocycles. The van der Waals surface area contributed by atoms with Crippen molar-refractivity contribution in [3.63, 3.8) is 0 Å². The topological polar surface area (TPSA) is 70.5 Å². The van der Waals surface area contributed by atoms with Crippen LogP contribution in [0.25, 0.3) is 16.0 Å². The molecule has 0 spiro atoms. The zero-order valence-corrected chi connectivity index (χ0v) is 19.7. The lowest BCUT2D eigenvalue weighted by atomic mass is 9.95. The molecule has 33 heavy (non-hydrogen) atoms. The molecule has 3 aromatic carbocycles. The standard InChI is InChI=1S/C24H13Cl3N2O3S/c25-14-5-1-12(2-6-14)20-19(21(30)13-3-7-15(26)8-4-13)22(31)23(32)29(20)24-28-17-10-9-16(27)11-18(17)33-24/h1-11,20,30H/b21-19+. The van der Waals surface area contributed by atoms with Crippen LogP contribution in [-0.2, 0) is 9.59 Å². The Bertz CT molecular complexity index is 1450.